The third-order valence-electron chi connectivity index (χ3n) is 3.73. The van der Waals surface area contributed by atoms with Crippen molar-refractivity contribution in [2.75, 3.05) is 23.0 Å². The number of nitrogens with one attached hydrogen (secondary N) is 1. The molecule has 0 aliphatic rings. The molecule has 0 spiro atoms. The Bertz CT molecular complexity index is 962. The largest absolute Gasteiger partial charge is 0.465 e. The summed E-state index contributed by atoms with van der Waals surface area (Å²) >= 11 is 0. The molecular formula is C18H19FN2O5S. The van der Waals surface area contributed by atoms with Crippen LogP contribution in [-0.2, 0) is 19.6 Å². The predicted octanol–water partition coefficient (Wildman–Crippen LogP) is 2.41. The van der Waals surface area contributed by atoms with Crippen LogP contribution in [0.5, 0.6) is 0 Å². The molecule has 9 heteroatoms. The van der Waals surface area contributed by atoms with Crippen LogP contribution < -0.4 is 9.62 Å². The number of rotatable bonds is 6. The van der Waals surface area contributed by atoms with Gasteiger partial charge in [-0.25, -0.2) is 17.6 Å². The molecule has 0 unspecified atom stereocenters. The number of carbonyl (C=O) groups is 2. The molecule has 144 valence electrons. The second-order valence-corrected chi connectivity index (χ2v) is 7.61. The first kappa shape index (κ1) is 20.4. The Morgan fingerprint density at radius 3 is 2.41 bits per heavy atom. The molecule has 0 radical (unpaired) electrons. The number of sulfonamides is 1. The first-order valence-electron chi connectivity index (χ1n) is 7.88. The van der Waals surface area contributed by atoms with Gasteiger partial charge in [0.1, 0.15) is 11.9 Å². The van der Waals surface area contributed by atoms with Crippen molar-refractivity contribution in [1.82, 2.24) is 0 Å². The fraction of sp³-hybridized carbons (Fsp3) is 0.222. The van der Waals surface area contributed by atoms with E-state index in [2.05, 4.69) is 10.1 Å². The van der Waals surface area contributed by atoms with Crippen molar-refractivity contribution in [3.05, 3.63) is 59.9 Å². The van der Waals surface area contributed by atoms with E-state index in [9.17, 15) is 22.4 Å². The minimum absolute atomic E-state index is 0.219. The number of halogens is 1. The van der Waals surface area contributed by atoms with Crippen molar-refractivity contribution < 1.29 is 27.1 Å². The highest BCUT2D eigenvalue weighted by Crippen LogP contribution is 2.24. The average molecular weight is 394 g/mol. The second kappa shape index (κ2) is 8.17. The molecule has 2 aromatic rings. The molecule has 1 N–H and O–H groups in total. The van der Waals surface area contributed by atoms with E-state index < -0.39 is 33.8 Å². The van der Waals surface area contributed by atoms with Gasteiger partial charge in [-0.15, -0.1) is 0 Å². The predicted molar refractivity (Wildman–Crippen MR) is 99.6 cm³/mol. The van der Waals surface area contributed by atoms with Crippen LogP contribution in [0.1, 0.15) is 17.3 Å². The summed E-state index contributed by atoms with van der Waals surface area (Å²) < 4.78 is 43.8. The topological polar surface area (TPSA) is 92.8 Å². The van der Waals surface area contributed by atoms with Gasteiger partial charge in [0.05, 0.1) is 24.6 Å². The Morgan fingerprint density at radius 1 is 1.15 bits per heavy atom. The third-order valence-corrected chi connectivity index (χ3v) is 4.96. The lowest BCUT2D eigenvalue weighted by Crippen LogP contribution is -2.45. The van der Waals surface area contributed by atoms with Gasteiger partial charge in [-0.2, -0.15) is 0 Å². The van der Waals surface area contributed by atoms with Gasteiger partial charge < -0.3 is 10.1 Å². The van der Waals surface area contributed by atoms with Crippen LogP contribution in [0.15, 0.2) is 48.5 Å². The number of para-hydroxylation sites is 1. The molecule has 2 rings (SSSR count). The van der Waals surface area contributed by atoms with Gasteiger partial charge in [0.25, 0.3) is 0 Å². The Labute approximate surface area is 156 Å². The van der Waals surface area contributed by atoms with Gasteiger partial charge in [0, 0.05) is 5.69 Å². The monoisotopic (exact) mass is 394 g/mol. The maximum absolute atomic E-state index is 14.1. The molecule has 0 saturated carbocycles. The summed E-state index contributed by atoms with van der Waals surface area (Å²) in [6, 6.07) is 10.0. The smallest absolute Gasteiger partial charge is 0.337 e. The van der Waals surface area contributed by atoms with Crippen molar-refractivity contribution in [3.63, 3.8) is 0 Å². The van der Waals surface area contributed by atoms with Gasteiger partial charge in [-0.1, -0.05) is 18.2 Å². The van der Waals surface area contributed by atoms with Crippen molar-refractivity contribution in [2.45, 2.75) is 13.0 Å². The van der Waals surface area contributed by atoms with E-state index in [1.165, 1.54) is 56.5 Å². The minimum Gasteiger partial charge on any atom is -0.465 e. The maximum Gasteiger partial charge on any atom is 0.337 e. The fourth-order valence-corrected chi connectivity index (χ4v) is 3.68. The van der Waals surface area contributed by atoms with E-state index in [-0.39, 0.29) is 16.9 Å². The first-order chi connectivity index (χ1) is 12.6. The normalized spacial score (nSPS) is 12.1. The Morgan fingerprint density at radius 2 is 1.81 bits per heavy atom. The van der Waals surface area contributed by atoms with Crippen LogP contribution in [0.4, 0.5) is 15.8 Å². The van der Waals surface area contributed by atoms with Crippen LogP contribution in [0.3, 0.4) is 0 Å². The van der Waals surface area contributed by atoms with Gasteiger partial charge in [0.2, 0.25) is 15.9 Å². The number of amides is 1. The molecule has 0 fully saturated rings. The van der Waals surface area contributed by atoms with Gasteiger partial charge in [-0.3, -0.25) is 9.10 Å². The summed E-state index contributed by atoms with van der Waals surface area (Å²) in [5.41, 5.74) is 0.264. The highest BCUT2D eigenvalue weighted by molar-refractivity contribution is 7.92. The SMILES string of the molecule is COC(=O)c1cccc(NC(=O)[C@@H](C)N(c2ccccc2F)S(C)(=O)=O)c1. The average Bonchev–Trinajstić information content (AvgIpc) is 2.61. The molecular weight excluding hydrogens is 375 g/mol. The number of anilines is 2. The Kier molecular flexibility index (Phi) is 6.17. The Hall–Kier alpha value is -2.94. The molecule has 1 atom stereocenters. The zero-order valence-electron chi connectivity index (χ0n) is 15.0. The van der Waals surface area contributed by atoms with E-state index in [1.807, 2.05) is 0 Å². The van der Waals surface area contributed by atoms with E-state index >= 15 is 0 Å². The van der Waals surface area contributed by atoms with Crippen molar-refractivity contribution >= 4 is 33.3 Å². The number of nitrogens with zero attached hydrogens (tertiary/aromatic N) is 1. The second-order valence-electron chi connectivity index (χ2n) is 5.75. The quantitative estimate of drug-likeness (QED) is 0.760. The zero-order valence-corrected chi connectivity index (χ0v) is 15.8. The molecule has 0 aliphatic heterocycles. The lowest BCUT2D eigenvalue weighted by Gasteiger charge is -2.28. The van der Waals surface area contributed by atoms with E-state index in [4.69, 9.17) is 0 Å². The van der Waals surface area contributed by atoms with Crippen LogP contribution in [0.25, 0.3) is 0 Å². The number of carbonyl (C=O) groups excluding carboxylic acids is 2. The molecule has 7 nitrogen and oxygen atoms in total. The minimum atomic E-state index is -3.94. The van der Waals surface area contributed by atoms with Crippen LogP contribution in [0.2, 0.25) is 0 Å². The standard InChI is InChI=1S/C18H19FN2O5S/c1-12(21(27(3,24)25)16-10-5-4-9-15(16)19)17(22)20-14-8-6-7-13(11-14)18(23)26-2/h4-12H,1-3H3,(H,20,22)/t12-/m1/s1. The molecule has 0 bridgehead atoms. The molecule has 0 saturated heterocycles. The maximum atomic E-state index is 14.1. The molecule has 0 aliphatic carbocycles. The van der Waals surface area contributed by atoms with Gasteiger partial charge in [-0.05, 0) is 37.3 Å². The summed E-state index contributed by atoms with van der Waals surface area (Å²) in [5, 5.41) is 2.53. The lowest BCUT2D eigenvalue weighted by atomic mass is 10.2. The number of benzene rings is 2. The van der Waals surface area contributed by atoms with E-state index in [0.29, 0.717) is 4.31 Å². The summed E-state index contributed by atoms with van der Waals surface area (Å²) in [7, 11) is -2.71. The highest BCUT2D eigenvalue weighted by atomic mass is 32.2. The summed E-state index contributed by atoms with van der Waals surface area (Å²) in [4.78, 5) is 24.2. The first-order valence-corrected chi connectivity index (χ1v) is 9.73. The summed E-state index contributed by atoms with van der Waals surface area (Å²) in [6.07, 6.45) is 0.890. The van der Waals surface area contributed by atoms with Crippen LogP contribution in [-0.4, -0.2) is 39.7 Å². The number of hydrogen-bond donors (Lipinski definition) is 1. The molecule has 0 aromatic heterocycles. The van der Waals surface area contributed by atoms with Gasteiger partial charge in [0.15, 0.2) is 0 Å². The van der Waals surface area contributed by atoms with Crippen LogP contribution in [0, 0.1) is 5.82 Å². The van der Waals surface area contributed by atoms with Crippen molar-refractivity contribution in [3.8, 4) is 0 Å². The Balaban J connectivity index is 2.31. The molecule has 1 amide bonds. The van der Waals surface area contributed by atoms with Crippen molar-refractivity contribution in [1.29, 1.82) is 0 Å². The van der Waals surface area contributed by atoms with E-state index in [1.54, 1.807) is 0 Å². The highest BCUT2D eigenvalue weighted by Gasteiger charge is 2.31. The summed E-state index contributed by atoms with van der Waals surface area (Å²) in [5.74, 6) is -2.04. The molecule has 27 heavy (non-hydrogen) atoms. The fourth-order valence-electron chi connectivity index (χ4n) is 2.50. The number of ether oxygens (including phenoxy) is 1. The lowest BCUT2D eigenvalue weighted by molar-refractivity contribution is -0.116. The number of esters is 1. The van der Waals surface area contributed by atoms with Crippen LogP contribution >= 0.6 is 0 Å². The molecule has 2 aromatic carbocycles. The van der Waals surface area contributed by atoms with Gasteiger partial charge >= 0.3 is 5.97 Å². The number of hydrogen-bond acceptors (Lipinski definition) is 5. The van der Waals surface area contributed by atoms with Crippen molar-refractivity contribution in [2.24, 2.45) is 0 Å². The zero-order chi connectivity index (χ0) is 20.2. The van der Waals surface area contributed by atoms with E-state index in [0.717, 1.165) is 12.3 Å². The molecule has 0 heterocycles. The number of methoxy groups -OCH3 is 1. The summed E-state index contributed by atoms with van der Waals surface area (Å²) in [6.45, 7) is 1.34. The third kappa shape index (κ3) is 4.82.